The fourth-order valence-electron chi connectivity index (χ4n) is 1.52. The molecule has 1 aromatic carbocycles. The Morgan fingerprint density at radius 3 is 2.43 bits per heavy atom. The third-order valence-corrected chi connectivity index (χ3v) is 2.44. The number of unbranched alkanes of at least 4 members (excludes halogenated alkanes) is 2. The Labute approximate surface area is 85.8 Å². The van der Waals surface area contributed by atoms with Crippen molar-refractivity contribution < 1.29 is 5.11 Å². The molecule has 78 valence electrons. The lowest BCUT2D eigenvalue weighted by Gasteiger charge is -2.23. The van der Waals surface area contributed by atoms with E-state index in [2.05, 4.69) is 6.92 Å². The average molecular weight is 193 g/mol. The van der Waals surface area contributed by atoms with Gasteiger partial charge in [0.25, 0.3) is 0 Å². The van der Waals surface area contributed by atoms with Crippen molar-refractivity contribution in [1.29, 1.82) is 0 Å². The summed E-state index contributed by atoms with van der Waals surface area (Å²) in [4.78, 5) is 0. The zero-order chi connectivity index (χ0) is 10.4. The minimum atomic E-state index is -1.16. The zero-order valence-corrected chi connectivity index (χ0v) is 8.74. The maximum atomic E-state index is 9.99. The molecular formula is C12H19NO. The summed E-state index contributed by atoms with van der Waals surface area (Å²) in [5.74, 6) is 0. The molecule has 0 saturated carbocycles. The topological polar surface area (TPSA) is 46.2 Å². The number of hydrogen-bond donors (Lipinski definition) is 2. The summed E-state index contributed by atoms with van der Waals surface area (Å²) in [5, 5.41) is 9.99. The molecule has 14 heavy (non-hydrogen) atoms. The first kappa shape index (κ1) is 11.2. The number of benzene rings is 1. The van der Waals surface area contributed by atoms with E-state index in [-0.39, 0.29) is 0 Å². The highest BCUT2D eigenvalue weighted by Crippen LogP contribution is 2.21. The quantitative estimate of drug-likeness (QED) is 0.557. The van der Waals surface area contributed by atoms with Crippen LogP contribution < -0.4 is 5.73 Å². The molecule has 0 aliphatic carbocycles. The SMILES string of the molecule is CCCCCC(N)(O)c1ccccc1. The van der Waals surface area contributed by atoms with Crippen LogP contribution in [0.5, 0.6) is 0 Å². The molecule has 0 aliphatic rings. The normalized spacial score (nSPS) is 15.1. The summed E-state index contributed by atoms with van der Waals surface area (Å²) in [6.45, 7) is 2.14. The van der Waals surface area contributed by atoms with Crippen molar-refractivity contribution in [2.24, 2.45) is 5.73 Å². The second kappa shape index (κ2) is 5.13. The molecule has 1 unspecified atom stereocenters. The molecule has 0 radical (unpaired) electrons. The van der Waals surface area contributed by atoms with E-state index < -0.39 is 5.72 Å². The number of nitrogens with two attached hydrogens (primary N) is 1. The van der Waals surface area contributed by atoms with Gasteiger partial charge < -0.3 is 5.11 Å². The number of rotatable bonds is 5. The zero-order valence-electron chi connectivity index (χ0n) is 8.74. The lowest BCUT2D eigenvalue weighted by atomic mass is 9.97. The molecule has 0 saturated heterocycles. The van der Waals surface area contributed by atoms with Gasteiger partial charge in [-0.05, 0) is 18.4 Å². The van der Waals surface area contributed by atoms with Crippen LogP contribution in [0, 0.1) is 0 Å². The highest BCUT2D eigenvalue weighted by atomic mass is 16.3. The van der Waals surface area contributed by atoms with Crippen LogP contribution in [-0.4, -0.2) is 5.11 Å². The largest absolute Gasteiger partial charge is 0.372 e. The highest BCUT2D eigenvalue weighted by molar-refractivity contribution is 5.20. The Kier molecular flexibility index (Phi) is 4.11. The van der Waals surface area contributed by atoms with Gasteiger partial charge in [0, 0.05) is 0 Å². The average Bonchev–Trinajstić information content (AvgIpc) is 2.19. The molecule has 0 fully saturated rings. The second-order valence-electron chi connectivity index (χ2n) is 3.75. The number of aliphatic hydroxyl groups is 1. The van der Waals surface area contributed by atoms with Gasteiger partial charge in [0.2, 0.25) is 0 Å². The maximum absolute atomic E-state index is 9.99. The predicted molar refractivity (Wildman–Crippen MR) is 58.7 cm³/mol. The lowest BCUT2D eigenvalue weighted by Crippen LogP contribution is -2.36. The Morgan fingerprint density at radius 1 is 1.21 bits per heavy atom. The van der Waals surface area contributed by atoms with Crippen molar-refractivity contribution in [3.8, 4) is 0 Å². The van der Waals surface area contributed by atoms with Gasteiger partial charge in [0.1, 0.15) is 5.72 Å². The first-order valence-electron chi connectivity index (χ1n) is 5.23. The molecule has 1 rings (SSSR count). The third kappa shape index (κ3) is 3.13. The summed E-state index contributed by atoms with van der Waals surface area (Å²) in [6.07, 6.45) is 3.86. The molecule has 2 heteroatoms. The van der Waals surface area contributed by atoms with Crippen molar-refractivity contribution in [2.45, 2.75) is 38.3 Å². The maximum Gasteiger partial charge on any atom is 0.139 e. The number of hydrogen-bond acceptors (Lipinski definition) is 2. The van der Waals surface area contributed by atoms with Gasteiger partial charge in [-0.2, -0.15) is 0 Å². The van der Waals surface area contributed by atoms with E-state index in [1.54, 1.807) is 0 Å². The lowest BCUT2D eigenvalue weighted by molar-refractivity contribution is 0.0316. The summed E-state index contributed by atoms with van der Waals surface area (Å²) in [6, 6.07) is 9.45. The Bertz CT molecular complexity index is 256. The van der Waals surface area contributed by atoms with E-state index in [0.29, 0.717) is 6.42 Å². The van der Waals surface area contributed by atoms with Crippen LogP contribution in [0.3, 0.4) is 0 Å². The third-order valence-electron chi connectivity index (χ3n) is 2.44. The van der Waals surface area contributed by atoms with Gasteiger partial charge in [-0.1, -0.05) is 50.1 Å². The molecule has 0 bridgehead atoms. The standard InChI is InChI=1S/C12H19NO/c1-2-3-7-10-12(13,14)11-8-5-4-6-9-11/h4-6,8-9,14H,2-3,7,10,13H2,1H3. The monoisotopic (exact) mass is 193 g/mol. The second-order valence-corrected chi connectivity index (χ2v) is 3.75. The van der Waals surface area contributed by atoms with Gasteiger partial charge >= 0.3 is 0 Å². The van der Waals surface area contributed by atoms with Crippen molar-refractivity contribution in [3.05, 3.63) is 35.9 Å². The first-order valence-corrected chi connectivity index (χ1v) is 5.23. The van der Waals surface area contributed by atoms with Gasteiger partial charge in [0.15, 0.2) is 0 Å². The molecule has 0 aliphatic heterocycles. The van der Waals surface area contributed by atoms with Gasteiger partial charge in [-0.15, -0.1) is 0 Å². The van der Waals surface area contributed by atoms with Gasteiger partial charge in [0.05, 0.1) is 0 Å². The predicted octanol–water partition coefficient (Wildman–Crippen LogP) is 2.37. The molecule has 3 N–H and O–H groups in total. The summed E-state index contributed by atoms with van der Waals surface area (Å²) in [5.41, 5.74) is 5.48. The summed E-state index contributed by atoms with van der Waals surface area (Å²) < 4.78 is 0. The van der Waals surface area contributed by atoms with Crippen molar-refractivity contribution in [2.75, 3.05) is 0 Å². The molecule has 1 atom stereocenters. The molecule has 1 aromatic rings. The molecule has 0 amide bonds. The fraction of sp³-hybridized carbons (Fsp3) is 0.500. The van der Waals surface area contributed by atoms with E-state index in [4.69, 9.17) is 5.73 Å². The Balaban J connectivity index is 2.56. The van der Waals surface area contributed by atoms with Crippen molar-refractivity contribution in [1.82, 2.24) is 0 Å². The van der Waals surface area contributed by atoms with E-state index in [1.807, 2.05) is 30.3 Å². The van der Waals surface area contributed by atoms with E-state index in [9.17, 15) is 5.11 Å². The summed E-state index contributed by atoms with van der Waals surface area (Å²) in [7, 11) is 0. The van der Waals surface area contributed by atoms with Crippen molar-refractivity contribution in [3.63, 3.8) is 0 Å². The van der Waals surface area contributed by atoms with Crippen LogP contribution in [0.2, 0.25) is 0 Å². The summed E-state index contributed by atoms with van der Waals surface area (Å²) >= 11 is 0. The van der Waals surface area contributed by atoms with E-state index >= 15 is 0 Å². The van der Waals surface area contributed by atoms with Crippen LogP contribution >= 0.6 is 0 Å². The minimum Gasteiger partial charge on any atom is -0.372 e. The Hall–Kier alpha value is -0.860. The molecule has 0 spiro atoms. The Morgan fingerprint density at radius 2 is 1.86 bits per heavy atom. The van der Waals surface area contributed by atoms with Crippen LogP contribution in [-0.2, 0) is 5.72 Å². The van der Waals surface area contributed by atoms with Crippen LogP contribution in [0.15, 0.2) is 30.3 Å². The van der Waals surface area contributed by atoms with Crippen LogP contribution in [0.1, 0.15) is 38.2 Å². The first-order chi connectivity index (χ1) is 6.67. The van der Waals surface area contributed by atoms with E-state index in [0.717, 1.165) is 24.8 Å². The van der Waals surface area contributed by atoms with Gasteiger partial charge in [-0.3, -0.25) is 5.73 Å². The highest BCUT2D eigenvalue weighted by Gasteiger charge is 2.22. The molecule has 0 aromatic heterocycles. The minimum absolute atomic E-state index is 0.630. The van der Waals surface area contributed by atoms with Crippen LogP contribution in [0.4, 0.5) is 0 Å². The fourth-order valence-corrected chi connectivity index (χ4v) is 1.52. The smallest absolute Gasteiger partial charge is 0.139 e. The van der Waals surface area contributed by atoms with E-state index in [1.165, 1.54) is 0 Å². The molecular weight excluding hydrogens is 174 g/mol. The van der Waals surface area contributed by atoms with Crippen LogP contribution in [0.25, 0.3) is 0 Å². The van der Waals surface area contributed by atoms with Gasteiger partial charge in [-0.25, -0.2) is 0 Å². The molecule has 2 nitrogen and oxygen atoms in total. The van der Waals surface area contributed by atoms with Crippen molar-refractivity contribution >= 4 is 0 Å². The molecule has 0 heterocycles.